The van der Waals surface area contributed by atoms with Crippen LogP contribution in [0.25, 0.3) is 17.1 Å². The van der Waals surface area contributed by atoms with Crippen LogP contribution in [0.1, 0.15) is 30.5 Å². The Hall–Kier alpha value is -3.00. The van der Waals surface area contributed by atoms with E-state index in [4.69, 9.17) is 9.51 Å². The van der Waals surface area contributed by atoms with Crippen LogP contribution in [0.3, 0.4) is 0 Å². The number of halogens is 1. The Morgan fingerprint density at radius 2 is 1.82 bits per heavy atom. The van der Waals surface area contributed by atoms with Gasteiger partial charge in [0, 0.05) is 11.5 Å². The maximum Gasteiger partial charge on any atom is 0.237 e. The largest absolute Gasteiger partial charge is 0.338 e. The summed E-state index contributed by atoms with van der Waals surface area (Å²) >= 11 is 1.46. The van der Waals surface area contributed by atoms with Gasteiger partial charge in [0.2, 0.25) is 16.9 Å². The highest BCUT2D eigenvalue weighted by Gasteiger charge is 2.30. The third-order valence-electron chi connectivity index (χ3n) is 4.45. The minimum absolute atomic E-state index is 0.297. The predicted octanol–water partition coefficient (Wildman–Crippen LogP) is 4.63. The SMILES string of the molecule is Fc1ccc(-c2noc(CSc3nc(C4CC4)n(-c4ccccc4)n3)n2)cc1. The predicted molar refractivity (Wildman–Crippen MR) is 103 cm³/mol. The third kappa shape index (κ3) is 3.55. The van der Waals surface area contributed by atoms with Crippen LogP contribution in [-0.4, -0.2) is 24.9 Å². The molecule has 6 nitrogen and oxygen atoms in total. The zero-order valence-corrected chi connectivity index (χ0v) is 15.6. The Morgan fingerprint density at radius 1 is 1.04 bits per heavy atom. The molecule has 2 aromatic heterocycles. The highest BCUT2D eigenvalue weighted by Crippen LogP contribution is 2.40. The molecule has 0 amide bonds. The monoisotopic (exact) mass is 393 g/mol. The van der Waals surface area contributed by atoms with E-state index < -0.39 is 0 Å². The second-order valence-corrected chi connectivity index (χ2v) is 7.52. The van der Waals surface area contributed by atoms with Gasteiger partial charge >= 0.3 is 0 Å². The maximum atomic E-state index is 13.1. The van der Waals surface area contributed by atoms with Crippen molar-refractivity contribution >= 4 is 11.8 Å². The summed E-state index contributed by atoms with van der Waals surface area (Å²) in [5, 5.41) is 9.32. The van der Waals surface area contributed by atoms with Crippen molar-refractivity contribution in [3.63, 3.8) is 0 Å². The first-order valence-corrected chi connectivity index (χ1v) is 9.98. The van der Waals surface area contributed by atoms with Crippen LogP contribution in [-0.2, 0) is 5.75 Å². The highest BCUT2D eigenvalue weighted by molar-refractivity contribution is 7.98. The Morgan fingerprint density at radius 3 is 2.57 bits per heavy atom. The molecule has 4 aromatic rings. The summed E-state index contributed by atoms with van der Waals surface area (Å²) in [6, 6.07) is 16.0. The summed E-state index contributed by atoms with van der Waals surface area (Å²) in [4.78, 5) is 9.10. The Balaban J connectivity index is 1.33. The lowest BCUT2D eigenvalue weighted by atomic mass is 10.2. The molecule has 0 unspecified atom stereocenters. The lowest BCUT2D eigenvalue weighted by molar-refractivity contribution is 0.391. The lowest BCUT2D eigenvalue weighted by Gasteiger charge is -2.03. The van der Waals surface area contributed by atoms with Gasteiger partial charge in [0.05, 0.1) is 11.4 Å². The van der Waals surface area contributed by atoms with E-state index in [2.05, 4.69) is 15.2 Å². The van der Waals surface area contributed by atoms with E-state index in [-0.39, 0.29) is 5.82 Å². The van der Waals surface area contributed by atoms with E-state index in [1.54, 1.807) is 12.1 Å². The molecule has 28 heavy (non-hydrogen) atoms. The molecule has 0 saturated heterocycles. The first-order valence-electron chi connectivity index (χ1n) is 9.00. The fraction of sp³-hybridized carbons (Fsp3) is 0.200. The molecule has 0 aliphatic heterocycles. The van der Waals surface area contributed by atoms with Crippen LogP contribution in [0.2, 0.25) is 0 Å². The van der Waals surface area contributed by atoms with Crippen LogP contribution in [0.4, 0.5) is 4.39 Å². The Bertz CT molecular complexity index is 1090. The third-order valence-corrected chi connectivity index (χ3v) is 5.27. The molecule has 1 aliphatic rings. The molecule has 2 aromatic carbocycles. The summed E-state index contributed by atoms with van der Waals surface area (Å²) in [7, 11) is 0. The summed E-state index contributed by atoms with van der Waals surface area (Å²) in [5.41, 5.74) is 1.73. The molecule has 1 saturated carbocycles. The van der Waals surface area contributed by atoms with Gasteiger partial charge in [-0.25, -0.2) is 14.1 Å². The Labute approximate surface area is 164 Å². The summed E-state index contributed by atoms with van der Waals surface area (Å²) in [6.45, 7) is 0. The van der Waals surface area contributed by atoms with Crippen LogP contribution >= 0.6 is 11.8 Å². The van der Waals surface area contributed by atoms with Crippen molar-refractivity contribution in [3.8, 4) is 17.1 Å². The molecule has 1 aliphatic carbocycles. The van der Waals surface area contributed by atoms with E-state index in [1.807, 2.05) is 35.0 Å². The number of nitrogens with zero attached hydrogens (tertiary/aromatic N) is 5. The van der Waals surface area contributed by atoms with E-state index in [0.29, 0.717) is 34.1 Å². The van der Waals surface area contributed by atoms with Gasteiger partial charge in [-0.15, -0.1) is 5.10 Å². The fourth-order valence-electron chi connectivity index (χ4n) is 2.89. The molecule has 0 N–H and O–H groups in total. The van der Waals surface area contributed by atoms with E-state index >= 15 is 0 Å². The van der Waals surface area contributed by atoms with Gasteiger partial charge in [-0.05, 0) is 49.2 Å². The van der Waals surface area contributed by atoms with Gasteiger partial charge in [-0.1, -0.05) is 35.1 Å². The first-order chi connectivity index (χ1) is 13.8. The number of para-hydroxylation sites is 1. The van der Waals surface area contributed by atoms with Crippen molar-refractivity contribution in [3.05, 3.63) is 72.1 Å². The number of aromatic nitrogens is 5. The smallest absolute Gasteiger partial charge is 0.237 e. The minimum Gasteiger partial charge on any atom is -0.338 e. The fourth-order valence-corrected chi connectivity index (χ4v) is 3.55. The number of thioether (sulfide) groups is 1. The molecule has 5 rings (SSSR count). The minimum atomic E-state index is -0.297. The van der Waals surface area contributed by atoms with E-state index in [9.17, 15) is 4.39 Å². The molecule has 140 valence electrons. The second-order valence-electron chi connectivity index (χ2n) is 6.58. The summed E-state index contributed by atoms with van der Waals surface area (Å²) < 4.78 is 20.3. The van der Waals surface area contributed by atoms with Crippen LogP contribution in [0.15, 0.2) is 64.3 Å². The van der Waals surface area contributed by atoms with E-state index in [0.717, 1.165) is 24.4 Å². The molecular weight excluding hydrogens is 377 g/mol. The number of benzene rings is 2. The van der Waals surface area contributed by atoms with Crippen LogP contribution < -0.4 is 0 Å². The average Bonchev–Trinajstić information content (AvgIpc) is 3.31. The van der Waals surface area contributed by atoms with Gasteiger partial charge in [-0.2, -0.15) is 4.98 Å². The van der Waals surface area contributed by atoms with Crippen molar-refractivity contribution in [1.29, 1.82) is 0 Å². The van der Waals surface area contributed by atoms with Gasteiger partial charge < -0.3 is 4.52 Å². The Kier molecular flexibility index (Phi) is 4.40. The molecule has 0 spiro atoms. The van der Waals surface area contributed by atoms with Crippen molar-refractivity contribution in [1.82, 2.24) is 24.9 Å². The zero-order valence-electron chi connectivity index (χ0n) is 14.8. The number of rotatable bonds is 6. The van der Waals surface area contributed by atoms with Crippen molar-refractivity contribution in [2.45, 2.75) is 29.7 Å². The van der Waals surface area contributed by atoms with Gasteiger partial charge in [0.1, 0.15) is 11.6 Å². The lowest BCUT2D eigenvalue weighted by Crippen LogP contribution is -2.01. The standard InChI is InChI=1S/C20H16FN5OS/c21-15-10-8-13(9-11-15)18-22-17(27-25-18)12-28-20-23-19(14-6-7-14)26(24-20)16-4-2-1-3-5-16/h1-5,8-11,14H,6-7,12H2. The number of hydrogen-bond acceptors (Lipinski definition) is 6. The zero-order chi connectivity index (χ0) is 18.9. The van der Waals surface area contributed by atoms with Gasteiger partial charge in [0.15, 0.2) is 0 Å². The summed E-state index contributed by atoms with van der Waals surface area (Å²) in [5.74, 6) is 2.58. The van der Waals surface area contributed by atoms with Crippen LogP contribution in [0, 0.1) is 5.82 Å². The molecule has 8 heteroatoms. The van der Waals surface area contributed by atoms with Crippen LogP contribution in [0.5, 0.6) is 0 Å². The second kappa shape index (κ2) is 7.20. The molecule has 2 heterocycles. The number of hydrogen-bond donors (Lipinski definition) is 0. The maximum absolute atomic E-state index is 13.1. The van der Waals surface area contributed by atoms with Gasteiger partial charge in [-0.3, -0.25) is 0 Å². The first kappa shape index (κ1) is 17.1. The average molecular weight is 393 g/mol. The molecule has 0 atom stereocenters. The highest BCUT2D eigenvalue weighted by atomic mass is 32.2. The van der Waals surface area contributed by atoms with Crippen molar-refractivity contribution < 1.29 is 8.91 Å². The van der Waals surface area contributed by atoms with Gasteiger partial charge in [0.25, 0.3) is 0 Å². The normalized spacial score (nSPS) is 13.8. The van der Waals surface area contributed by atoms with Crippen molar-refractivity contribution in [2.75, 3.05) is 0 Å². The summed E-state index contributed by atoms with van der Waals surface area (Å²) in [6.07, 6.45) is 2.31. The topological polar surface area (TPSA) is 69.6 Å². The molecular formula is C20H16FN5OS. The molecule has 1 fully saturated rings. The van der Waals surface area contributed by atoms with Crippen molar-refractivity contribution in [2.24, 2.45) is 0 Å². The molecule has 0 bridgehead atoms. The van der Waals surface area contributed by atoms with E-state index in [1.165, 1.54) is 23.9 Å². The molecule has 0 radical (unpaired) electrons. The quantitative estimate of drug-likeness (QED) is 0.445.